The minimum Gasteiger partial charge on any atom is -0.339 e. The number of nitrogens with zero attached hydrogens (tertiary/aromatic N) is 4. The molecule has 2 aromatic carbocycles. The molecule has 0 aliphatic heterocycles. The average Bonchev–Trinajstić information content (AvgIpc) is 3.30. The van der Waals surface area contributed by atoms with Gasteiger partial charge in [-0.2, -0.15) is 10.1 Å². The Balaban J connectivity index is 1.56. The van der Waals surface area contributed by atoms with Gasteiger partial charge in [0.15, 0.2) is 4.77 Å². The van der Waals surface area contributed by atoms with Crippen LogP contribution >= 0.6 is 35.4 Å². The Kier molecular flexibility index (Phi) is 5.30. The van der Waals surface area contributed by atoms with Gasteiger partial charge in [-0.1, -0.05) is 34.4 Å². The molecule has 9 heteroatoms. The number of aromatic nitrogens is 5. The van der Waals surface area contributed by atoms with Gasteiger partial charge in [0, 0.05) is 28.5 Å². The third kappa shape index (κ3) is 3.73. The predicted molar refractivity (Wildman–Crippen MR) is 111 cm³/mol. The van der Waals surface area contributed by atoms with Crippen LogP contribution < -0.4 is 0 Å². The summed E-state index contributed by atoms with van der Waals surface area (Å²) in [7, 11) is 0. The van der Waals surface area contributed by atoms with Crippen molar-refractivity contribution >= 4 is 35.4 Å². The Hall–Kier alpha value is -2.48. The first kappa shape index (κ1) is 18.9. The second-order valence-corrected chi connectivity index (χ2v) is 7.41. The van der Waals surface area contributed by atoms with Crippen molar-refractivity contribution in [3.8, 4) is 17.1 Å². The van der Waals surface area contributed by atoms with Gasteiger partial charge in [0.1, 0.15) is 5.82 Å². The van der Waals surface area contributed by atoms with Crippen molar-refractivity contribution < 1.29 is 4.52 Å². The van der Waals surface area contributed by atoms with Gasteiger partial charge in [0.25, 0.3) is 0 Å². The maximum absolute atomic E-state index is 6.26. The molecule has 28 heavy (non-hydrogen) atoms. The van der Waals surface area contributed by atoms with Crippen LogP contribution in [0.15, 0.2) is 47.0 Å². The van der Waals surface area contributed by atoms with E-state index in [2.05, 4.69) is 20.3 Å². The first-order valence-electron chi connectivity index (χ1n) is 8.53. The molecular weight excluding hydrogens is 417 g/mol. The number of benzene rings is 2. The Morgan fingerprint density at radius 2 is 1.89 bits per heavy atom. The summed E-state index contributed by atoms with van der Waals surface area (Å²) in [6.07, 6.45) is 1.10. The number of hydrogen-bond donors (Lipinski definition) is 1. The Morgan fingerprint density at radius 3 is 2.68 bits per heavy atom. The topological polar surface area (TPSA) is 72.5 Å². The fourth-order valence-electron chi connectivity index (χ4n) is 2.88. The largest absolute Gasteiger partial charge is 0.339 e. The van der Waals surface area contributed by atoms with E-state index >= 15 is 0 Å². The van der Waals surface area contributed by atoms with Crippen molar-refractivity contribution in [2.45, 2.75) is 19.8 Å². The summed E-state index contributed by atoms with van der Waals surface area (Å²) >= 11 is 17.6. The second kappa shape index (κ2) is 7.87. The van der Waals surface area contributed by atoms with E-state index in [1.165, 1.54) is 0 Å². The maximum atomic E-state index is 6.26. The number of rotatable bonds is 5. The van der Waals surface area contributed by atoms with Gasteiger partial charge in [-0.15, -0.1) is 0 Å². The molecule has 0 fully saturated rings. The molecule has 142 valence electrons. The van der Waals surface area contributed by atoms with E-state index in [0.717, 1.165) is 22.6 Å². The molecule has 4 aromatic rings. The fourth-order valence-corrected chi connectivity index (χ4v) is 3.42. The highest BCUT2D eigenvalue weighted by Crippen LogP contribution is 2.24. The predicted octanol–water partition coefficient (Wildman–Crippen LogP) is 5.38. The van der Waals surface area contributed by atoms with Gasteiger partial charge < -0.3 is 4.52 Å². The van der Waals surface area contributed by atoms with Gasteiger partial charge >= 0.3 is 0 Å². The quantitative estimate of drug-likeness (QED) is 0.429. The molecule has 0 aliphatic rings. The number of halogens is 2. The molecule has 0 spiro atoms. The molecule has 2 aromatic heterocycles. The molecule has 2 heterocycles. The van der Waals surface area contributed by atoms with E-state index in [9.17, 15) is 0 Å². The van der Waals surface area contributed by atoms with Crippen molar-refractivity contribution in [2.24, 2.45) is 0 Å². The van der Waals surface area contributed by atoms with Crippen LogP contribution in [0.3, 0.4) is 0 Å². The minimum atomic E-state index is 0.507. The van der Waals surface area contributed by atoms with Crippen LogP contribution in [-0.4, -0.2) is 24.9 Å². The first-order chi connectivity index (χ1) is 13.5. The van der Waals surface area contributed by atoms with Crippen molar-refractivity contribution in [1.29, 1.82) is 0 Å². The van der Waals surface area contributed by atoms with Gasteiger partial charge in [0.05, 0.1) is 5.69 Å². The van der Waals surface area contributed by atoms with Crippen molar-refractivity contribution in [2.75, 3.05) is 0 Å². The van der Waals surface area contributed by atoms with Crippen LogP contribution in [-0.2, 0) is 12.8 Å². The molecule has 0 atom stereocenters. The lowest BCUT2D eigenvalue weighted by Gasteiger charge is -2.10. The highest BCUT2D eigenvalue weighted by molar-refractivity contribution is 7.71. The minimum absolute atomic E-state index is 0.507. The van der Waals surface area contributed by atoms with E-state index in [-0.39, 0.29) is 0 Å². The molecule has 0 bridgehead atoms. The standard InChI is InChI=1S/C19H15Cl2N5OS/c1-11-14(21)3-2-4-15(11)26-16(23-24-19(26)28)9-10-17-22-18(25-27-17)12-5-7-13(20)8-6-12/h2-8H,9-10H2,1H3,(H,24,28). The summed E-state index contributed by atoms with van der Waals surface area (Å²) in [5, 5.41) is 12.6. The van der Waals surface area contributed by atoms with E-state index in [4.69, 9.17) is 39.9 Å². The second-order valence-electron chi connectivity index (χ2n) is 6.18. The molecule has 0 saturated heterocycles. The lowest BCUT2D eigenvalue weighted by molar-refractivity contribution is 0.378. The van der Waals surface area contributed by atoms with E-state index in [1.807, 2.05) is 41.8 Å². The van der Waals surface area contributed by atoms with E-state index in [0.29, 0.717) is 39.4 Å². The molecule has 6 nitrogen and oxygen atoms in total. The van der Waals surface area contributed by atoms with Gasteiger partial charge in [-0.3, -0.25) is 9.67 Å². The summed E-state index contributed by atoms with van der Waals surface area (Å²) in [6.45, 7) is 1.95. The van der Waals surface area contributed by atoms with Crippen LogP contribution in [0.2, 0.25) is 10.0 Å². The summed E-state index contributed by atoms with van der Waals surface area (Å²) in [6, 6.07) is 13.0. The van der Waals surface area contributed by atoms with Crippen molar-refractivity contribution in [3.05, 3.63) is 74.6 Å². The van der Waals surface area contributed by atoms with Crippen molar-refractivity contribution in [3.63, 3.8) is 0 Å². The number of H-pyrrole nitrogens is 1. The molecule has 1 N–H and O–H groups in total. The summed E-state index contributed by atoms with van der Waals surface area (Å²) in [4.78, 5) is 4.45. The highest BCUT2D eigenvalue weighted by Gasteiger charge is 2.14. The first-order valence-corrected chi connectivity index (χ1v) is 9.69. The van der Waals surface area contributed by atoms with Gasteiger partial charge in [0.2, 0.25) is 11.7 Å². The van der Waals surface area contributed by atoms with E-state index < -0.39 is 0 Å². The molecular formula is C19H15Cl2N5OS. The lowest BCUT2D eigenvalue weighted by atomic mass is 10.2. The zero-order valence-corrected chi connectivity index (χ0v) is 17.1. The number of aromatic amines is 1. The van der Waals surface area contributed by atoms with Crippen LogP contribution in [0.1, 0.15) is 17.3 Å². The molecule has 0 aliphatic carbocycles. The Labute approximate surface area is 176 Å². The number of aryl methyl sites for hydroxylation is 2. The third-order valence-corrected chi connectivity index (χ3v) is 5.29. The normalized spacial score (nSPS) is 11.1. The summed E-state index contributed by atoms with van der Waals surface area (Å²) in [5.74, 6) is 1.81. The zero-order chi connectivity index (χ0) is 19.7. The lowest BCUT2D eigenvalue weighted by Crippen LogP contribution is -2.05. The van der Waals surface area contributed by atoms with Crippen LogP contribution in [0, 0.1) is 11.7 Å². The molecule has 0 radical (unpaired) electrons. The SMILES string of the molecule is Cc1c(Cl)cccc1-n1c(CCc2nc(-c3ccc(Cl)cc3)no2)n[nH]c1=S. The fraction of sp³-hybridized carbons (Fsp3) is 0.158. The summed E-state index contributed by atoms with van der Waals surface area (Å²) in [5.41, 5.74) is 2.68. The van der Waals surface area contributed by atoms with Crippen LogP contribution in [0.5, 0.6) is 0 Å². The highest BCUT2D eigenvalue weighted by atomic mass is 35.5. The average molecular weight is 432 g/mol. The smallest absolute Gasteiger partial charge is 0.227 e. The zero-order valence-electron chi connectivity index (χ0n) is 14.8. The number of hydrogen-bond acceptors (Lipinski definition) is 5. The van der Waals surface area contributed by atoms with Crippen molar-refractivity contribution in [1.82, 2.24) is 24.9 Å². The number of nitrogens with one attached hydrogen (secondary N) is 1. The molecule has 0 saturated carbocycles. The Bertz CT molecular complexity index is 1180. The maximum Gasteiger partial charge on any atom is 0.227 e. The summed E-state index contributed by atoms with van der Waals surface area (Å²) < 4.78 is 7.77. The van der Waals surface area contributed by atoms with E-state index in [1.54, 1.807) is 12.1 Å². The van der Waals surface area contributed by atoms with Crippen LogP contribution in [0.4, 0.5) is 0 Å². The van der Waals surface area contributed by atoms with Crippen LogP contribution in [0.25, 0.3) is 17.1 Å². The molecule has 0 unspecified atom stereocenters. The molecule has 0 amide bonds. The van der Waals surface area contributed by atoms with Gasteiger partial charge in [-0.25, -0.2) is 0 Å². The Morgan fingerprint density at radius 1 is 1.11 bits per heavy atom. The third-order valence-electron chi connectivity index (χ3n) is 4.35. The van der Waals surface area contributed by atoms with Gasteiger partial charge in [-0.05, 0) is 61.1 Å². The monoisotopic (exact) mass is 431 g/mol. The molecule has 4 rings (SSSR count).